The van der Waals surface area contributed by atoms with Gasteiger partial charge < -0.3 is 0 Å². The molecule has 2 aliphatic rings. The number of fused-ring (bicyclic) bond motifs is 6. The lowest BCUT2D eigenvalue weighted by atomic mass is 9.98. The van der Waals surface area contributed by atoms with E-state index in [9.17, 15) is 9.59 Å². The van der Waals surface area contributed by atoms with Crippen molar-refractivity contribution in [3.05, 3.63) is 201 Å². The molecule has 5 aromatic carbocycles. The topological polar surface area (TPSA) is 34.1 Å². The predicted octanol–water partition coefficient (Wildman–Crippen LogP) is 22.9. The van der Waals surface area contributed by atoms with E-state index < -0.39 is 0 Å². The van der Waals surface area contributed by atoms with Gasteiger partial charge in [-0.2, -0.15) is 0 Å². The fraction of sp³-hybridized carbons (Fsp3) is 0.380. The van der Waals surface area contributed by atoms with Gasteiger partial charge in [-0.25, -0.2) is 0 Å². The molecule has 0 saturated heterocycles. The number of hydrogen-bond acceptors (Lipinski definition) is 8. The zero-order valence-corrected chi connectivity index (χ0v) is 52.1. The summed E-state index contributed by atoms with van der Waals surface area (Å²) in [4.78, 5) is 30.6. The van der Waals surface area contributed by atoms with Crippen molar-refractivity contribution in [3.8, 4) is 20.9 Å². The van der Waals surface area contributed by atoms with Crippen LogP contribution in [0.3, 0.4) is 0 Å². The highest BCUT2D eigenvalue weighted by Gasteiger charge is 2.36. The lowest BCUT2D eigenvalue weighted by Gasteiger charge is -2.16. The molecule has 0 N–H and O–H groups in total. The number of benzene rings is 5. The van der Waals surface area contributed by atoms with Gasteiger partial charge in [0, 0.05) is 69.5 Å². The van der Waals surface area contributed by atoms with E-state index in [1.807, 2.05) is 47.0 Å². The van der Waals surface area contributed by atoms with Crippen molar-refractivity contribution in [2.45, 2.75) is 178 Å². The van der Waals surface area contributed by atoms with Gasteiger partial charge in [0.1, 0.15) is 0 Å². The summed E-state index contributed by atoms with van der Waals surface area (Å²) >= 11 is 10.9. The molecule has 0 aliphatic heterocycles. The highest BCUT2D eigenvalue weighted by Crippen LogP contribution is 2.60. The number of aryl methyl sites for hydroxylation is 4. The van der Waals surface area contributed by atoms with Crippen LogP contribution in [0.15, 0.2) is 135 Å². The summed E-state index contributed by atoms with van der Waals surface area (Å²) in [5, 5.41) is 0. The first-order chi connectivity index (χ1) is 38.9. The van der Waals surface area contributed by atoms with E-state index in [2.05, 4.69) is 149 Å². The average Bonchev–Trinajstić information content (AvgIpc) is 3.82. The van der Waals surface area contributed by atoms with Crippen molar-refractivity contribution in [2.24, 2.45) is 0 Å². The fourth-order valence-electron chi connectivity index (χ4n) is 10.9. The monoisotopic (exact) mass is 1160 g/mol. The molecule has 0 atom stereocenters. The zero-order chi connectivity index (χ0) is 54.8. The maximum atomic E-state index is 12.8. The number of hydrogen-bond donors (Lipinski definition) is 0. The molecule has 7 aromatic rings. The van der Waals surface area contributed by atoms with Crippen molar-refractivity contribution in [3.63, 3.8) is 0 Å². The summed E-state index contributed by atoms with van der Waals surface area (Å²) in [5.74, 6) is 2.54. The lowest BCUT2D eigenvalue weighted by Crippen LogP contribution is -1.93. The van der Waals surface area contributed by atoms with Gasteiger partial charge in [0.2, 0.25) is 0 Å². The van der Waals surface area contributed by atoms with E-state index in [-0.39, 0.29) is 0 Å². The van der Waals surface area contributed by atoms with Crippen LogP contribution in [0.4, 0.5) is 0 Å². The minimum Gasteiger partial charge on any atom is -0.297 e. The molecular formula is C71H80O2S6. The van der Waals surface area contributed by atoms with Crippen LogP contribution in [0.1, 0.15) is 211 Å². The Morgan fingerprint density at radius 1 is 0.354 bits per heavy atom. The van der Waals surface area contributed by atoms with Crippen LogP contribution in [0.25, 0.3) is 32.0 Å². The molecule has 0 saturated carbocycles. The van der Waals surface area contributed by atoms with E-state index in [0.29, 0.717) is 0 Å². The van der Waals surface area contributed by atoms with Crippen LogP contribution in [0.5, 0.6) is 0 Å². The van der Waals surface area contributed by atoms with Gasteiger partial charge >= 0.3 is 0 Å². The summed E-state index contributed by atoms with van der Waals surface area (Å²) in [6.07, 6.45) is 26.8. The van der Waals surface area contributed by atoms with E-state index in [1.54, 1.807) is 22.7 Å². The Morgan fingerprint density at radius 3 is 1.01 bits per heavy atom. The molecule has 412 valence electrons. The van der Waals surface area contributed by atoms with Crippen molar-refractivity contribution in [2.75, 3.05) is 0 Å². The largest absolute Gasteiger partial charge is 0.297 e. The molecule has 2 nitrogen and oxygen atoms in total. The van der Waals surface area contributed by atoms with Crippen LogP contribution >= 0.6 is 69.7 Å². The van der Waals surface area contributed by atoms with Gasteiger partial charge in [0.05, 0.1) is 14.0 Å². The standard InChI is InChI=1S/C71H80O2S6/c1-5-9-13-17-21-50-25-31-54(32-26-50)47-74-70(75-48-55-33-27-51(28-34-55)22-18-14-10-6-2)66-60-43-63-61(44-62(60)68-64(66)41-58(45-72)77-68)67(65-42-59(46-73)78-69(63)65)71(79-57-39-37-53(38-40-57)24-20-16-12-8-4)76-49-56-35-29-52(30-36-56)23-19-15-11-7-3/h25-46H,5-24,47-49H2,1-4H3/b71-67-. The molecule has 0 amide bonds. The fourth-order valence-corrected chi connectivity index (χ4v) is 17.7. The van der Waals surface area contributed by atoms with E-state index in [1.165, 1.54) is 193 Å². The van der Waals surface area contributed by atoms with E-state index >= 15 is 0 Å². The van der Waals surface area contributed by atoms with Crippen molar-refractivity contribution >= 4 is 93.4 Å². The number of thiophene rings is 2. The summed E-state index contributed by atoms with van der Waals surface area (Å²) in [5.41, 5.74) is 19.2. The van der Waals surface area contributed by atoms with Crippen molar-refractivity contribution < 1.29 is 9.59 Å². The van der Waals surface area contributed by atoms with Crippen molar-refractivity contribution in [1.29, 1.82) is 0 Å². The third kappa shape index (κ3) is 15.8. The molecule has 2 heterocycles. The molecule has 9 rings (SSSR count). The second-order valence-corrected chi connectivity index (χ2v) is 28.3. The van der Waals surface area contributed by atoms with Crippen molar-refractivity contribution in [1.82, 2.24) is 0 Å². The number of carbonyl (C=O) groups excluding carboxylic acids is 2. The quantitative estimate of drug-likeness (QED) is 0.0232. The molecule has 0 fully saturated rings. The number of carbonyl (C=O) groups is 2. The SMILES string of the molecule is CCCCCCc1ccc(CSC(SCc2ccc(CCCCCC)cc2)=C2c3cc4c(cc3-c3sc(C=O)cc32)/C(=C(\SCc2ccc(CCCCCC)cc2)Sc2ccc(CCCCCC)cc2)c2cc(C=O)sc2-4)cc1. The number of aldehydes is 2. The molecule has 0 radical (unpaired) electrons. The van der Waals surface area contributed by atoms with Crippen LogP contribution in [-0.2, 0) is 42.9 Å². The average molecular weight is 1160 g/mol. The zero-order valence-electron chi connectivity index (χ0n) is 47.2. The van der Waals surface area contributed by atoms with Crippen LogP contribution < -0.4 is 0 Å². The molecular weight excluding hydrogens is 1080 g/mol. The Labute approximate surface area is 499 Å². The van der Waals surface area contributed by atoms with Crippen LogP contribution in [0, 0.1) is 0 Å². The highest BCUT2D eigenvalue weighted by molar-refractivity contribution is 8.22. The number of unbranched alkanes of at least 4 members (excludes halogenated alkanes) is 12. The van der Waals surface area contributed by atoms with Gasteiger partial charge in [-0.3, -0.25) is 9.59 Å². The highest BCUT2D eigenvalue weighted by atomic mass is 32.2. The molecule has 79 heavy (non-hydrogen) atoms. The maximum Gasteiger partial charge on any atom is 0.160 e. The first kappa shape index (κ1) is 59.3. The molecule has 0 unspecified atom stereocenters. The number of rotatable bonds is 33. The Kier molecular flexibility index (Phi) is 23.0. The van der Waals surface area contributed by atoms with Gasteiger partial charge in [-0.1, -0.05) is 201 Å². The number of thioether (sulfide) groups is 4. The minimum atomic E-state index is 0.751. The summed E-state index contributed by atoms with van der Waals surface area (Å²) in [7, 11) is 0. The molecule has 0 spiro atoms. The predicted molar refractivity (Wildman–Crippen MR) is 353 cm³/mol. The lowest BCUT2D eigenvalue weighted by molar-refractivity contribution is 0.111. The smallest absolute Gasteiger partial charge is 0.160 e. The van der Waals surface area contributed by atoms with Gasteiger partial charge in [0.15, 0.2) is 12.6 Å². The Hall–Kier alpha value is -4.28. The molecule has 8 heteroatoms. The first-order valence-electron chi connectivity index (χ1n) is 29.7. The summed E-state index contributed by atoms with van der Waals surface area (Å²) in [6.45, 7) is 9.10. The summed E-state index contributed by atoms with van der Waals surface area (Å²) < 4.78 is 2.53. The third-order valence-electron chi connectivity index (χ3n) is 15.5. The molecule has 2 aliphatic carbocycles. The Morgan fingerprint density at radius 2 is 0.671 bits per heavy atom. The van der Waals surface area contributed by atoms with Gasteiger partial charge in [-0.15, -0.1) is 58.0 Å². The Bertz CT molecular complexity index is 3090. The normalized spacial score (nSPS) is 12.9. The molecule has 0 bridgehead atoms. The van der Waals surface area contributed by atoms with Gasteiger partial charge in [0.25, 0.3) is 0 Å². The third-order valence-corrected chi connectivity index (χ3v) is 22.7. The second kappa shape index (κ2) is 30.7. The maximum absolute atomic E-state index is 12.8. The second-order valence-electron chi connectivity index (χ2n) is 21.6. The summed E-state index contributed by atoms with van der Waals surface area (Å²) in [6, 6.07) is 46.5. The van der Waals surface area contributed by atoms with E-state index in [0.717, 1.165) is 81.3 Å². The van der Waals surface area contributed by atoms with Crippen LogP contribution in [-0.4, -0.2) is 12.6 Å². The molecule has 2 aromatic heterocycles. The van der Waals surface area contributed by atoms with Gasteiger partial charge in [-0.05, 0) is 138 Å². The van der Waals surface area contributed by atoms with E-state index in [4.69, 9.17) is 0 Å². The van der Waals surface area contributed by atoms with Crippen LogP contribution in [0.2, 0.25) is 0 Å². The Balaban J connectivity index is 1.11. The minimum absolute atomic E-state index is 0.751. The first-order valence-corrected chi connectivity index (χ1v) is 35.1.